The molecule has 1 saturated heterocycles. The van der Waals surface area contributed by atoms with Crippen molar-refractivity contribution in [3.05, 3.63) is 42.1 Å². The van der Waals surface area contributed by atoms with Crippen LogP contribution in [0.3, 0.4) is 0 Å². The second-order valence-electron chi connectivity index (χ2n) is 10.8. The summed E-state index contributed by atoms with van der Waals surface area (Å²) in [6.07, 6.45) is 6.29. The molecule has 1 aromatic heterocycles. The van der Waals surface area contributed by atoms with E-state index in [1.54, 1.807) is 0 Å². The zero-order valence-corrected chi connectivity index (χ0v) is 17.5. The molecule has 7 rings (SSSR count). The molecule has 1 amide bonds. The van der Waals surface area contributed by atoms with Gasteiger partial charge in [-0.2, -0.15) is 0 Å². The van der Waals surface area contributed by atoms with E-state index < -0.39 is 16.8 Å². The molecule has 2 aromatic rings. The van der Waals surface area contributed by atoms with Crippen molar-refractivity contribution in [2.45, 2.75) is 58.0 Å². The summed E-state index contributed by atoms with van der Waals surface area (Å²) >= 11 is 0. The van der Waals surface area contributed by atoms with Crippen LogP contribution in [0.2, 0.25) is 0 Å². The van der Waals surface area contributed by atoms with Gasteiger partial charge in [0.05, 0.1) is 22.4 Å². The molecule has 1 aliphatic heterocycles. The third-order valence-electron chi connectivity index (χ3n) is 8.72. The summed E-state index contributed by atoms with van der Waals surface area (Å²) in [7, 11) is 0. The molecule has 2 heterocycles. The minimum atomic E-state index is -0.618. The fourth-order valence-corrected chi connectivity index (χ4v) is 7.76. The summed E-state index contributed by atoms with van der Waals surface area (Å²) in [5.74, 6) is 0.730. The number of fused-ring (bicyclic) bond motifs is 1. The Labute approximate surface area is 176 Å². The first kappa shape index (κ1) is 18.3. The van der Waals surface area contributed by atoms with Gasteiger partial charge in [-0.25, -0.2) is 0 Å². The number of likely N-dealkylation sites (tertiary alicyclic amines) is 1. The molecule has 3 atom stereocenters. The Bertz CT molecular complexity index is 1060. The number of carbonyl (C=O) groups is 2. The van der Waals surface area contributed by atoms with Crippen molar-refractivity contribution < 1.29 is 14.7 Å². The van der Waals surface area contributed by atoms with Crippen molar-refractivity contribution >= 4 is 22.8 Å². The quantitative estimate of drug-likeness (QED) is 0.769. The van der Waals surface area contributed by atoms with Crippen LogP contribution in [0.15, 0.2) is 36.5 Å². The van der Waals surface area contributed by atoms with Gasteiger partial charge in [-0.15, -0.1) is 0 Å². The van der Waals surface area contributed by atoms with Crippen LogP contribution in [0.1, 0.15) is 57.6 Å². The average molecular weight is 405 g/mol. The lowest BCUT2D eigenvalue weighted by Gasteiger charge is -2.66. The molecule has 1 N–H and O–H groups in total. The van der Waals surface area contributed by atoms with Crippen molar-refractivity contribution in [3.8, 4) is 0 Å². The van der Waals surface area contributed by atoms with Gasteiger partial charge in [0.2, 0.25) is 5.91 Å². The minimum absolute atomic E-state index is 0.0150. The van der Waals surface area contributed by atoms with Gasteiger partial charge in [0.25, 0.3) is 0 Å². The molecular weight excluding hydrogens is 376 g/mol. The average Bonchev–Trinajstić information content (AvgIpc) is 2.71. The lowest BCUT2D eigenvalue weighted by Crippen LogP contribution is -2.70. The SMILES string of the molecule is CC1(C)C(=O)N(C2C3CC4CC2CC(C(=O)O)(C4)C3)C1c1ccnc2ccccc12. The van der Waals surface area contributed by atoms with E-state index in [0.717, 1.165) is 43.0 Å². The molecule has 0 radical (unpaired) electrons. The van der Waals surface area contributed by atoms with Gasteiger partial charge in [-0.05, 0) is 81.4 Å². The lowest BCUT2D eigenvalue weighted by atomic mass is 9.47. The predicted molar refractivity (Wildman–Crippen MR) is 113 cm³/mol. The molecule has 4 saturated carbocycles. The van der Waals surface area contributed by atoms with Crippen molar-refractivity contribution in [1.29, 1.82) is 0 Å². The summed E-state index contributed by atoms with van der Waals surface area (Å²) in [4.78, 5) is 32.2. The van der Waals surface area contributed by atoms with E-state index in [1.165, 1.54) is 5.56 Å². The highest BCUT2D eigenvalue weighted by Gasteiger charge is 2.65. The van der Waals surface area contributed by atoms with Crippen LogP contribution in [0.5, 0.6) is 0 Å². The van der Waals surface area contributed by atoms with E-state index in [2.05, 4.69) is 35.9 Å². The Balaban J connectivity index is 1.42. The zero-order valence-electron chi connectivity index (χ0n) is 17.5. The van der Waals surface area contributed by atoms with Crippen LogP contribution in [0, 0.1) is 28.6 Å². The third kappa shape index (κ3) is 2.21. The first-order valence-electron chi connectivity index (χ1n) is 11.2. The molecule has 4 aliphatic carbocycles. The monoisotopic (exact) mass is 404 g/mol. The fraction of sp³-hybridized carbons (Fsp3) is 0.560. The molecule has 5 fully saturated rings. The van der Waals surface area contributed by atoms with Crippen LogP contribution in [0.25, 0.3) is 10.9 Å². The van der Waals surface area contributed by atoms with Gasteiger partial charge in [-0.1, -0.05) is 18.2 Å². The number of para-hydroxylation sites is 1. The number of amides is 1. The van der Waals surface area contributed by atoms with Crippen LogP contribution >= 0.6 is 0 Å². The summed E-state index contributed by atoms with van der Waals surface area (Å²) < 4.78 is 0. The topological polar surface area (TPSA) is 70.5 Å². The van der Waals surface area contributed by atoms with E-state index in [-0.39, 0.29) is 18.0 Å². The predicted octanol–water partition coefficient (Wildman–Crippen LogP) is 4.42. The Morgan fingerprint density at radius 3 is 2.50 bits per heavy atom. The van der Waals surface area contributed by atoms with Crippen LogP contribution in [-0.2, 0) is 9.59 Å². The third-order valence-corrected chi connectivity index (χ3v) is 8.72. The Hall–Kier alpha value is -2.43. The van der Waals surface area contributed by atoms with E-state index in [4.69, 9.17) is 0 Å². The molecule has 5 heteroatoms. The zero-order chi connectivity index (χ0) is 20.8. The molecule has 3 unspecified atom stereocenters. The molecule has 30 heavy (non-hydrogen) atoms. The standard InChI is InChI=1S/C25H28N2O3/c1-24(2)21(18-7-8-26-19-6-4-3-5-17(18)19)27(22(24)28)20-15-9-14-10-16(20)13-25(11-14,12-15)23(29)30/h3-8,14-16,20-21H,9-13H2,1-2H3,(H,29,30). The number of carboxylic acids is 1. The molecule has 0 spiro atoms. The first-order chi connectivity index (χ1) is 14.3. The number of carbonyl (C=O) groups excluding carboxylic acids is 1. The van der Waals surface area contributed by atoms with Crippen molar-refractivity contribution in [3.63, 3.8) is 0 Å². The second-order valence-corrected chi connectivity index (χ2v) is 10.8. The number of nitrogens with zero attached hydrogens (tertiary/aromatic N) is 2. The Morgan fingerprint density at radius 1 is 1.10 bits per heavy atom. The highest BCUT2D eigenvalue weighted by atomic mass is 16.4. The number of β-lactam (4-membered cyclic amide) rings is 1. The Kier molecular flexibility index (Phi) is 3.57. The first-order valence-corrected chi connectivity index (χ1v) is 11.2. The highest BCUT2D eigenvalue weighted by molar-refractivity contribution is 5.93. The molecule has 156 valence electrons. The van der Waals surface area contributed by atoms with Crippen molar-refractivity contribution in [2.24, 2.45) is 28.6 Å². The van der Waals surface area contributed by atoms with Gasteiger partial charge in [-0.3, -0.25) is 14.6 Å². The highest BCUT2D eigenvalue weighted by Crippen LogP contribution is 2.64. The molecule has 4 bridgehead atoms. The van der Waals surface area contributed by atoms with Crippen LogP contribution in [-0.4, -0.2) is 32.9 Å². The molecular formula is C25H28N2O3. The number of hydrogen-bond acceptors (Lipinski definition) is 3. The van der Waals surface area contributed by atoms with Gasteiger partial charge in [0.15, 0.2) is 0 Å². The number of pyridine rings is 1. The Morgan fingerprint density at radius 2 is 1.80 bits per heavy atom. The number of rotatable bonds is 3. The summed E-state index contributed by atoms with van der Waals surface area (Å²) in [5.41, 5.74) is 1.13. The number of aliphatic carboxylic acids is 1. The normalized spacial score (nSPS) is 38.7. The van der Waals surface area contributed by atoms with Crippen molar-refractivity contribution in [2.75, 3.05) is 0 Å². The smallest absolute Gasteiger partial charge is 0.309 e. The maximum atomic E-state index is 13.4. The summed E-state index contributed by atoms with van der Waals surface area (Å²) in [6.45, 7) is 4.11. The number of hydrogen-bond donors (Lipinski definition) is 1. The second kappa shape index (κ2) is 5.83. The lowest BCUT2D eigenvalue weighted by molar-refractivity contribution is -0.202. The van der Waals surface area contributed by atoms with E-state index >= 15 is 0 Å². The number of carboxylic acid groups (broad SMARTS) is 1. The molecule has 5 nitrogen and oxygen atoms in total. The van der Waals surface area contributed by atoms with E-state index in [1.807, 2.05) is 24.4 Å². The summed E-state index contributed by atoms with van der Waals surface area (Å²) in [6, 6.07) is 10.4. The van der Waals surface area contributed by atoms with Crippen LogP contribution < -0.4 is 0 Å². The molecule has 5 aliphatic rings. The van der Waals surface area contributed by atoms with Gasteiger partial charge in [0.1, 0.15) is 0 Å². The minimum Gasteiger partial charge on any atom is -0.481 e. The number of benzene rings is 1. The van der Waals surface area contributed by atoms with Crippen LogP contribution in [0.4, 0.5) is 0 Å². The maximum absolute atomic E-state index is 13.4. The van der Waals surface area contributed by atoms with Gasteiger partial charge in [0, 0.05) is 17.6 Å². The molecule has 1 aromatic carbocycles. The van der Waals surface area contributed by atoms with E-state index in [0.29, 0.717) is 17.8 Å². The fourth-order valence-electron chi connectivity index (χ4n) is 7.76. The van der Waals surface area contributed by atoms with E-state index in [9.17, 15) is 14.7 Å². The largest absolute Gasteiger partial charge is 0.481 e. The van der Waals surface area contributed by atoms with Gasteiger partial charge < -0.3 is 10.0 Å². The summed E-state index contributed by atoms with van der Waals surface area (Å²) in [5, 5.41) is 11.1. The van der Waals surface area contributed by atoms with Gasteiger partial charge >= 0.3 is 5.97 Å². The maximum Gasteiger partial charge on any atom is 0.309 e. The number of aromatic nitrogens is 1. The van der Waals surface area contributed by atoms with Crippen molar-refractivity contribution in [1.82, 2.24) is 9.88 Å².